The molecule has 0 aliphatic rings. The molecular formula is C10H19N3O3. The molecule has 0 saturated carbocycles. The highest BCUT2D eigenvalue weighted by Crippen LogP contribution is 1.98. The summed E-state index contributed by atoms with van der Waals surface area (Å²) >= 11 is 0. The third-order valence-electron chi connectivity index (χ3n) is 2.20. The van der Waals surface area contributed by atoms with E-state index in [1.807, 2.05) is 6.20 Å². The van der Waals surface area contributed by atoms with Crippen molar-refractivity contribution < 1.29 is 14.9 Å². The van der Waals surface area contributed by atoms with Gasteiger partial charge in [0.1, 0.15) is 0 Å². The van der Waals surface area contributed by atoms with Gasteiger partial charge < -0.3 is 20.3 Å². The molecule has 1 heterocycles. The molecule has 1 aromatic rings. The maximum Gasteiger partial charge on any atom is 0.0640 e. The van der Waals surface area contributed by atoms with Gasteiger partial charge in [0.25, 0.3) is 0 Å². The van der Waals surface area contributed by atoms with Crippen molar-refractivity contribution in [2.45, 2.75) is 19.1 Å². The lowest BCUT2D eigenvalue weighted by Gasteiger charge is -2.14. The number of rotatable bonds is 8. The molecule has 92 valence electrons. The number of methoxy groups -OCH3 is 1. The highest BCUT2D eigenvalue weighted by Gasteiger charge is 2.06. The number of aromatic nitrogens is 2. The van der Waals surface area contributed by atoms with Crippen molar-refractivity contribution >= 4 is 0 Å². The maximum atomic E-state index is 9.03. The van der Waals surface area contributed by atoms with E-state index >= 15 is 0 Å². The van der Waals surface area contributed by atoms with Crippen LogP contribution in [0.4, 0.5) is 0 Å². The monoisotopic (exact) mass is 229 g/mol. The summed E-state index contributed by atoms with van der Waals surface area (Å²) in [7, 11) is 1.60. The van der Waals surface area contributed by atoms with Crippen LogP contribution in [0, 0.1) is 0 Å². The Kier molecular flexibility index (Phi) is 6.02. The van der Waals surface area contributed by atoms with Crippen LogP contribution in [0.1, 0.15) is 5.56 Å². The van der Waals surface area contributed by atoms with Crippen molar-refractivity contribution in [1.29, 1.82) is 0 Å². The molecule has 0 bridgehead atoms. The van der Waals surface area contributed by atoms with Gasteiger partial charge in [0, 0.05) is 25.4 Å². The van der Waals surface area contributed by atoms with Gasteiger partial charge in [-0.1, -0.05) is 0 Å². The third-order valence-corrected chi connectivity index (χ3v) is 2.20. The van der Waals surface area contributed by atoms with E-state index in [4.69, 9.17) is 14.9 Å². The minimum Gasteiger partial charge on any atom is -0.395 e. The molecule has 1 unspecified atom stereocenters. The summed E-state index contributed by atoms with van der Waals surface area (Å²) in [6, 6.07) is -0.0637. The van der Waals surface area contributed by atoms with Crippen molar-refractivity contribution in [3.8, 4) is 0 Å². The molecule has 0 radical (unpaired) electrons. The normalized spacial score (nSPS) is 12.9. The van der Waals surface area contributed by atoms with Gasteiger partial charge in [0.2, 0.25) is 0 Å². The molecule has 1 rings (SSSR count). The van der Waals surface area contributed by atoms with Crippen LogP contribution in [0.2, 0.25) is 0 Å². The van der Waals surface area contributed by atoms with E-state index in [1.54, 1.807) is 18.0 Å². The number of nitrogens with one attached hydrogen (secondary N) is 1. The van der Waals surface area contributed by atoms with E-state index in [0.29, 0.717) is 19.7 Å². The van der Waals surface area contributed by atoms with Gasteiger partial charge in [-0.25, -0.2) is 0 Å². The molecule has 1 aromatic heterocycles. The molecule has 0 fully saturated rings. The number of aliphatic hydroxyl groups is 2. The van der Waals surface area contributed by atoms with Crippen LogP contribution in [-0.4, -0.2) is 53.0 Å². The number of hydrogen-bond acceptors (Lipinski definition) is 5. The molecule has 1 atom stereocenters. The van der Waals surface area contributed by atoms with Gasteiger partial charge in [0.05, 0.1) is 38.6 Å². The van der Waals surface area contributed by atoms with Gasteiger partial charge >= 0.3 is 0 Å². The van der Waals surface area contributed by atoms with E-state index in [-0.39, 0.29) is 19.3 Å². The molecule has 0 aliphatic heterocycles. The number of nitrogens with zero attached hydrogens (tertiary/aromatic N) is 2. The molecule has 0 aliphatic carbocycles. The van der Waals surface area contributed by atoms with Crippen LogP contribution in [0.25, 0.3) is 0 Å². The highest BCUT2D eigenvalue weighted by molar-refractivity contribution is 5.03. The predicted molar refractivity (Wildman–Crippen MR) is 58.9 cm³/mol. The maximum absolute atomic E-state index is 9.03. The zero-order valence-corrected chi connectivity index (χ0v) is 9.46. The van der Waals surface area contributed by atoms with Crippen LogP contribution in [0.15, 0.2) is 12.4 Å². The fraction of sp³-hybridized carbons (Fsp3) is 0.700. The number of hydrogen-bond donors (Lipinski definition) is 3. The van der Waals surface area contributed by atoms with E-state index < -0.39 is 0 Å². The van der Waals surface area contributed by atoms with Crippen molar-refractivity contribution in [3.05, 3.63) is 18.0 Å². The minimum atomic E-state index is -0.0637. The van der Waals surface area contributed by atoms with Gasteiger partial charge in [0.15, 0.2) is 0 Å². The van der Waals surface area contributed by atoms with Crippen molar-refractivity contribution in [3.63, 3.8) is 0 Å². The zero-order chi connectivity index (χ0) is 11.8. The molecule has 3 N–H and O–H groups in total. The van der Waals surface area contributed by atoms with E-state index in [9.17, 15) is 0 Å². The van der Waals surface area contributed by atoms with Crippen molar-refractivity contribution in [1.82, 2.24) is 15.1 Å². The Hall–Kier alpha value is -0.950. The fourth-order valence-corrected chi connectivity index (χ4v) is 1.36. The van der Waals surface area contributed by atoms with Gasteiger partial charge in [-0.05, 0) is 0 Å². The second-order valence-corrected chi connectivity index (χ2v) is 3.55. The summed E-state index contributed by atoms with van der Waals surface area (Å²) < 4.78 is 6.63. The van der Waals surface area contributed by atoms with Crippen LogP contribution in [0.3, 0.4) is 0 Å². The molecule has 0 saturated heterocycles. The summed E-state index contributed by atoms with van der Waals surface area (Å²) in [6.45, 7) is 1.72. The Morgan fingerprint density at radius 1 is 1.56 bits per heavy atom. The smallest absolute Gasteiger partial charge is 0.0640 e. The van der Waals surface area contributed by atoms with E-state index in [1.165, 1.54) is 0 Å². The minimum absolute atomic E-state index is 0.0403. The predicted octanol–water partition coefficient (Wildman–Crippen LogP) is -1.03. The van der Waals surface area contributed by atoms with Crippen LogP contribution < -0.4 is 5.32 Å². The molecular weight excluding hydrogens is 210 g/mol. The first-order valence-corrected chi connectivity index (χ1v) is 5.25. The Bertz CT molecular complexity index is 291. The first-order chi connectivity index (χ1) is 7.80. The average Bonchev–Trinajstić information content (AvgIpc) is 2.72. The van der Waals surface area contributed by atoms with Crippen molar-refractivity contribution in [2.24, 2.45) is 0 Å². The van der Waals surface area contributed by atoms with Crippen LogP contribution in [0.5, 0.6) is 0 Å². The topological polar surface area (TPSA) is 79.5 Å². The lowest BCUT2D eigenvalue weighted by atomic mass is 10.3. The molecule has 0 amide bonds. The summed E-state index contributed by atoms with van der Waals surface area (Å²) in [5, 5.41) is 25.0. The second-order valence-electron chi connectivity index (χ2n) is 3.55. The lowest BCUT2D eigenvalue weighted by Crippen LogP contribution is -2.35. The van der Waals surface area contributed by atoms with E-state index in [2.05, 4.69) is 10.4 Å². The first-order valence-electron chi connectivity index (χ1n) is 5.25. The molecule has 6 heteroatoms. The SMILES string of the molecule is COCC(CO)NCc1cnn(CCO)c1. The summed E-state index contributed by atoms with van der Waals surface area (Å²) in [4.78, 5) is 0. The largest absolute Gasteiger partial charge is 0.395 e. The number of ether oxygens (including phenoxy) is 1. The Morgan fingerprint density at radius 2 is 2.38 bits per heavy atom. The highest BCUT2D eigenvalue weighted by atomic mass is 16.5. The van der Waals surface area contributed by atoms with Gasteiger partial charge in [-0.15, -0.1) is 0 Å². The van der Waals surface area contributed by atoms with E-state index in [0.717, 1.165) is 5.56 Å². The summed E-state index contributed by atoms with van der Waals surface area (Å²) in [6.07, 6.45) is 3.61. The van der Waals surface area contributed by atoms with Crippen molar-refractivity contribution in [2.75, 3.05) is 26.9 Å². The molecule has 0 spiro atoms. The Labute approximate surface area is 94.8 Å². The molecule has 0 aromatic carbocycles. The number of aliphatic hydroxyl groups excluding tert-OH is 2. The van der Waals surface area contributed by atoms with Crippen LogP contribution in [-0.2, 0) is 17.8 Å². The molecule has 16 heavy (non-hydrogen) atoms. The molecule has 6 nitrogen and oxygen atoms in total. The summed E-state index contributed by atoms with van der Waals surface area (Å²) in [5.74, 6) is 0. The second kappa shape index (κ2) is 7.34. The quantitative estimate of drug-likeness (QED) is 0.531. The van der Waals surface area contributed by atoms with Gasteiger partial charge in [-0.2, -0.15) is 5.10 Å². The average molecular weight is 229 g/mol. The zero-order valence-electron chi connectivity index (χ0n) is 9.46. The van der Waals surface area contributed by atoms with Gasteiger partial charge in [-0.3, -0.25) is 4.68 Å². The third kappa shape index (κ3) is 4.28. The van der Waals surface area contributed by atoms with Crippen LogP contribution >= 0.6 is 0 Å². The fourth-order valence-electron chi connectivity index (χ4n) is 1.36. The Morgan fingerprint density at radius 3 is 3.00 bits per heavy atom. The first kappa shape index (κ1) is 13.1. The lowest BCUT2D eigenvalue weighted by molar-refractivity contribution is 0.128. The standard InChI is InChI=1S/C10H19N3O3/c1-16-8-10(7-15)11-4-9-5-12-13(6-9)2-3-14/h5-6,10-11,14-15H,2-4,7-8H2,1H3. The summed E-state index contributed by atoms with van der Waals surface area (Å²) in [5.41, 5.74) is 1.02. The Balaban J connectivity index is 2.34.